The van der Waals surface area contributed by atoms with Gasteiger partial charge in [-0.3, -0.25) is 4.79 Å². The highest BCUT2D eigenvalue weighted by atomic mass is 19.4. The lowest BCUT2D eigenvalue weighted by Gasteiger charge is -2.14. The fourth-order valence-corrected chi connectivity index (χ4v) is 1.77. The largest absolute Gasteiger partial charge is 0.462 e. The number of primary amides is 1. The van der Waals surface area contributed by atoms with E-state index in [2.05, 4.69) is 0 Å². The van der Waals surface area contributed by atoms with Gasteiger partial charge in [0.1, 0.15) is 11.5 Å². The zero-order chi connectivity index (χ0) is 14.8. The zero-order valence-corrected chi connectivity index (χ0v) is 10.4. The van der Waals surface area contributed by atoms with Gasteiger partial charge in [0.25, 0.3) is 0 Å². The number of alkyl halides is 3. The molecule has 6 heteroatoms. The van der Waals surface area contributed by atoms with E-state index < -0.39 is 17.6 Å². The molecule has 1 aromatic rings. The SMILES string of the molecule is NC(=O)C1=CC=C(Oc2ccc(C(F)(F)F)cc2)CC1. The van der Waals surface area contributed by atoms with Crippen LogP contribution >= 0.6 is 0 Å². The standard InChI is InChI=1S/C14H12F3NO2/c15-14(16,17)10-3-7-12(8-4-10)20-11-5-1-9(2-6-11)13(18)19/h1,3-5,7-8H,2,6H2,(H2,18,19). The average Bonchev–Trinajstić information content (AvgIpc) is 2.39. The van der Waals surface area contributed by atoms with Gasteiger partial charge >= 0.3 is 6.18 Å². The molecule has 0 saturated heterocycles. The smallest absolute Gasteiger partial charge is 0.416 e. The van der Waals surface area contributed by atoms with Crippen LogP contribution in [0.15, 0.2) is 47.7 Å². The fraction of sp³-hybridized carbons (Fsp3) is 0.214. The first-order valence-electron chi connectivity index (χ1n) is 5.91. The molecule has 0 aromatic heterocycles. The van der Waals surface area contributed by atoms with Crippen LogP contribution in [-0.4, -0.2) is 5.91 Å². The number of halogens is 3. The molecule has 106 valence electrons. The Bertz CT molecular complexity index is 571. The van der Waals surface area contributed by atoms with Gasteiger partial charge in [0.15, 0.2) is 0 Å². The van der Waals surface area contributed by atoms with Gasteiger partial charge < -0.3 is 10.5 Å². The highest BCUT2D eigenvalue weighted by molar-refractivity contribution is 5.92. The van der Waals surface area contributed by atoms with Gasteiger partial charge in [-0.1, -0.05) is 6.08 Å². The normalized spacial score (nSPS) is 15.3. The van der Waals surface area contributed by atoms with Crippen molar-refractivity contribution < 1.29 is 22.7 Å². The Balaban J connectivity index is 2.07. The van der Waals surface area contributed by atoms with E-state index in [9.17, 15) is 18.0 Å². The lowest BCUT2D eigenvalue weighted by Crippen LogP contribution is -2.16. The third-order valence-electron chi connectivity index (χ3n) is 2.86. The molecule has 1 amide bonds. The van der Waals surface area contributed by atoms with Crippen LogP contribution in [0.3, 0.4) is 0 Å². The van der Waals surface area contributed by atoms with Crippen molar-refractivity contribution in [3.8, 4) is 5.75 Å². The van der Waals surface area contributed by atoms with Gasteiger partial charge in [-0.05, 0) is 36.8 Å². The summed E-state index contributed by atoms with van der Waals surface area (Å²) in [7, 11) is 0. The van der Waals surface area contributed by atoms with Gasteiger partial charge in [-0.15, -0.1) is 0 Å². The molecule has 20 heavy (non-hydrogen) atoms. The van der Waals surface area contributed by atoms with Crippen LogP contribution in [0.2, 0.25) is 0 Å². The Morgan fingerprint density at radius 2 is 1.75 bits per heavy atom. The minimum atomic E-state index is -4.36. The summed E-state index contributed by atoms with van der Waals surface area (Å²) in [6.45, 7) is 0. The highest BCUT2D eigenvalue weighted by Crippen LogP contribution is 2.31. The number of nitrogens with two attached hydrogens (primary N) is 1. The first kappa shape index (κ1) is 14.2. The minimum Gasteiger partial charge on any atom is -0.462 e. The fourth-order valence-electron chi connectivity index (χ4n) is 1.77. The summed E-state index contributed by atoms with van der Waals surface area (Å²) in [4.78, 5) is 10.9. The second kappa shape index (κ2) is 5.40. The quantitative estimate of drug-likeness (QED) is 0.926. The molecular formula is C14H12F3NO2. The second-order valence-electron chi connectivity index (χ2n) is 4.31. The van der Waals surface area contributed by atoms with Crippen LogP contribution in [0.25, 0.3) is 0 Å². The van der Waals surface area contributed by atoms with Crippen molar-refractivity contribution in [2.45, 2.75) is 19.0 Å². The highest BCUT2D eigenvalue weighted by Gasteiger charge is 2.30. The number of carbonyl (C=O) groups is 1. The molecule has 0 spiro atoms. The van der Waals surface area contributed by atoms with Gasteiger partial charge in [-0.25, -0.2) is 0 Å². The topological polar surface area (TPSA) is 52.3 Å². The molecule has 2 N–H and O–H groups in total. The van der Waals surface area contributed by atoms with Crippen LogP contribution < -0.4 is 10.5 Å². The van der Waals surface area contributed by atoms with Crippen molar-refractivity contribution in [3.05, 3.63) is 53.3 Å². The van der Waals surface area contributed by atoms with E-state index in [1.807, 2.05) is 0 Å². The molecule has 1 aliphatic rings. The number of hydrogen-bond donors (Lipinski definition) is 1. The average molecular weight is 283 g/mol. The molecule has 0 bridgehead atoms. The molecule has 0 saturated carbocycles. The monoisotopic (exact) mass is 283 g/mol. The number of allylic oxidation sites excluding steroid dienone is 3. The van der Waals surface area contributed by atoms with Crippen molar-refractivity contribution in [1.29, 1.82) is 0 Å². The molecule has 3 nitrogen and oxygen atoms in total. The first-order chi connectivity index (χ1) is 9.36. The number of benzene rings is 1. The summed E-state index contributed by atoms with van der Waals surface area (Å²) < 4.78 is 42.6. The van der Waals surface area contributed by atoms with Crippen molar-refractivity contribution in [1.82, 2.24) is 0 Å². The molecule has 0 atom stereocenters. The molecule has 0 fully saturated rings. The predicted octanol–water partition coefficient (Wildman–Crippen LogP) is 3.17. The molecule has 1 aromatic carbocycles. The van der Waals surface area contributed by atoms with Crippen molar-refractivity contribution >= 4 is 5.91 Å². The lowest BCUT2D eigenvalue weighted by molar-refractivity contribution is -0.137. The number of amides is 1. The van der Waals surface area contributed by atoms with Gasteiger partial charge in [-0.2, -0.15) is 13.2 Å². The Labute approximate surface area is 113 Å². The first-order valence-corrected chi connectivity index (χ1v) is 5.91. The summed E-state index contributed by atoms with van der Waals surface area (Å²) in [6.07, 6.45) is -0.258. The Kier molecular flexibility index (Phi) is 3.83. The predicted molar refractivity (Wildman–Crippen MR) is 66.7 cm³/mol. The van der Waals surface area contributed by atoms with Crippen molar-refractivity contribution in [2.24, 2.45) is 5.73 Å². The van der Waals surface area contributed by atoms with Gasteiger partial charge in [0, 0.05) is 12.0 Å². The van der Waals surface area contributed by atoms with Crippen LogP contribution in [0.1, 0.15) is 18.4 Å². The molecule has 0 unspecified atom stereocenters. The number of ether oxygens (including phenoxy) is 1. The summed E-state index contributed by atoms with van der Waals surface area (Å²) in [5, 5.41) is 0. The van der Waals surface area contributed by atoms with Crippen molar-refractivity contribution in [2.75, 3.05) is 0 Å². The molecule has 0 radical (unpaired) electrons. The second-order valence-corrected chi connectivity index (χ2v) is 4.31. The van der Waals surface area contributed by atoms with Crippen LogP contribution in [0, 0.1) is 0 Å². The van der Waals surface area contributed by atoms with Crippen molar-refractivity contribution in [3.63, 3.8) is 0 Å². The summed E-state index contributed by atoms with van der Waals surface area (Å²) >= 11 is 0. The van der Waals surface area contributed by atoms with Gasteiger partial charge in [0.2, 0.25) is 5.91 Å². The van der Waals surface area contributed by atoms with E-state index in [0.29, 0.717) is 29.9 Å². The van der Waals surface area contributed by atoms with Crippen LogP contribution in [0.4, 0.5) is 13.2 Å². The van der Waals surface area contributed by atoms with E-state index >= 15 is 0 Å². The molecule has 2 rings (SSSR count). The maximum Gasteiger partial charge on any atom is 0.416 e. The summed E-state index contributed by atoms with van der Waals surface area (Å²) in [6, 6.07) is 4.45. The number of carbonyl (C=O) groups excluding carboxylic acids is 1. The lowest BCUT2D eigenvalue weighted by atomic mass is 10.0. The van der Waals surface area contributed by atoms with E-state index in [1.54, 1.807) is 12.2 Å². The van der Waals surface area contributed by atoms with Gasteiger partial charge in [0.05, 0.1) is 5.56 Å². The molecule has 0 heterocycles. The molecule has 0 aliphatic heterocycles. The van der Waals surface area contributed by atoms with E-state index in [1.165, 1.54) is 12.1 Å². The van der Waals surface area contributed by atoms with E-state index in [4.69, 9.17) is 10.5 Å². The molecular weight excluding hydrogens is 271 g/mol. The Hall–Kier alpha value is -2.24. The summed E-state index contributed by atoms with van der Waals surface area (Å²) in [5.41, 5.74) is 4.92. The Morgan fingerprint density at radius 1 is 1.10 bits per heavy atom. The maximum absolute atomic E-state index is 12.4. The third-order valence-corrected chi connectivity index (χ3v) is 2.86. The molecule has 1 aliphatic carbocycles. The van der Waals surface area contributed by atoms with E-state index in [0.717, 1.165) is 12.1 Å². The zero-order valence-electron chi connectivity index (χ0n) is 10.4. The Morgan fingerprint density at radius 3 is 2.20 bits per heavy atom. The third kappa shape index (κ3) is 3.40. The maximum atomic E-state index is 12.4. The summed E-state index contributed by atoms with van der Waals surface area (Å²) in [5.74, 6) is 0.421. The van der Waals surface area contributed by atoms with Crippen LogP contribution in [-0.2, 0) is 11.0 Å². The van der Waals surface area contributed by atoms with Crippen LogP contribution in [0.5, 0.6) is 5.75 Å². The minimum absolute atomic E-state index is 0.320. The van der Waals surface area contributed by atoms with E-state index in [-0.39, 0.29) is 0 Å². The number of hydrogen-bond acceptors (Lipinski definition) is 2. The number of rotatable bonds is 3.